The van der Waals surface area contributed by atoms with Crippen LogP contribution in [0.3, 0.4) is 0 Å². The number of carbonyl (C=O) groups excluding carboxylic acids is 1. The monoisotopic (exact) mass is 379 g/mol. The highest BCUT2D eigenvalue weighted by Crippen LogP contribution is 2.34. The molecule has 1 aliphatic rings. The lowest BCUT2D eigenvalue weighted by atomic mass is 10.1. The molecule has 2 aromatic carbocycles. The van der Waals surface area contributed by atoms with Gasteiger partial charge in [0, 0.05) is 26.3 Å². The van der Waals surface area contributed by atoms with Crippen LogP contribution in [0, 0.1) is 0 Å². The Balaban J connectivity index is 1.91. The second-order valence-electron chi connectivity index (χ2n) is 6.52. The van der Waals surface area contributed by atoms with Crippen LogP contribution in [0.25, 0.3) is 6.08 Å². The van der Waals surface area contributed by atoms with Crippen molar-refractivity contribution in [3.63, 3.8) is 0 Å². The van der Waals surface area contributed by atoms with Crippen molar-refractivity contribution < 1.29 is 4.79 Å². The molecule has 1 fully saturated rings. The molecule has 0 radical (unpaired) electrons. The minimum Gasteiger partial charge on any atom is -0.378 e. The molecule has 1 saturated heterocycles. The highest BCUT2D eigenvalue weighted by Gasteiger charge is 2.32. The van der Waals surface area contributed by atoms with E-state index in [1.54, 1.807) is 4.90 Å². The first-order chi connectivity index (χ1) is 13.0. The third-order valence-corrected chi connectivity index (χ3v) is 5.51. The molecule has 1 aliphatic heterocycles. The van der Waals surface area contributed by atoms with Crippen molar-refractivity contribution in [2.45, 2.75) is 20.3 Å². The highest BCUT2D eigenvalue weighted by atomic mass is 32.2. The molecule has 0 aromatic heterocycles. The largest absolute Gasteiger partial charge is 0.378 e. The van der Waals surface area contributed by atoms with E-state index < -0.39 is 0 Å². The number of carbonyl (C=O) groups is 1. The van der Waals surface area contributed by atoms with Gasteiger partial charge in [-0.05, 0) is 60.5 Å². The molecule has 0 saturated carbocycles. The fourth-order valence-electron chi connectivity index (χ4n) is 2.91. The summed E-state index contributed by atoms with van der Waals surface area (Å²) < 4.78 is 0. The molecule has 0 bridgehead atoms. The molecule has 0 aliphatic carbocycles. The molecule has 4 nitrogen and oxygen atoms in total. The second-order valence-corrected chi connectivity index (χ2v) is 7.53. The van der Waals surface area contributed by atoms with Crippen molar-refractivity contribution in [1.29, 1.82) is 0 Å². The molecular weight excluding hydrogens is 354 g/mol. The van der Waals surface area contributed by atoms with Crippen molar-refractivity contribution in [3.05, 3.63) is 64.6 Å². The van der Waals surface area contributed by atoms with E-state index in [0.29, 0.717) is 11.4 Å². The van der Waals surface area contributed by atoms with Crippen LogP contribution in [0.4, 0.5) is 11.4 Å². The summed E-state index contributed by atoms with van der Waals surface area (Å²) in [6.07, 6.45) is 2.86. The molecule has 27 heavy (non-hydrogen) atoms. The first kappa shape index (κ1) is 19.2. The van der Waals surface area contributed by atoms with Crippen LogP contribution in [-0.4, -0.2) is 36.6 Å². The number of anilines is 1. The van der Waals surface area contributed by atoms with E-state index in [4.69, 9.17) is 4.99 Å². The number of para-hydroxylation sites is 1. The predicted molar refractivity (Wildman–Crippen MR) is 117 cm³/mol. The van der Waals surface area contributed by atoms with E-state index in [-0.39, 0.29) is 5.91 Å². The van der Waals surface area contributed by atoms with E-state index in [1.807, 2.05) is 57.4 Å². The van der Waals surface area contributed by atoms with E-state index in [0.717, 1.165) is 28.5 Å². The van der Waals surface area contributed by atoms with Crippen molar-refractivity contribution in [2.75, 3.05) is 25.5 Å². The van der Waals surface area contributed by atoms with Crippen LogP contribution in [-0.2, 0) is 11.2 Å². The summed E-state index contributed by atoms with van der Waals surface area (Å²) in [6, 6.07) is 16.3. The maximum absolute atomic E-state index is 12.8. The Labute approximate surface area is 165 Å². The van der Waals surface area contributed by atoms with Gasteiger partial charge in [0.15, 0.2) is 5.17 Å². The van der Waals surface area contributed by atoms with Gasteiger partial charge in [0.2, 0.25) is 0 Å². The van der Waals surface area contributed by atoms with Crippen LogP contribution >= 0.6 is 11.8 Å². The Hall–Kier alpha value is -2.53. The van der Waals surface area contributed by atoms with Gasteiger partial charge in [0.05, 0.1) is 10.6 Å². The molecule has 0 unspecified atom stereocenters. The number of benzene rings is 2. The average Bonchev–Trinajstić information content (AvgIpc) is 2.97. The van der Waals surface area contributed by atoms with Crippen LogP contribution in [0.5, 0.6) is 0 Å². The quantitative estimate of drug-likeness (QED) is 0.691. The predicted octanol–water partition coefficient (Wildman–Crippen LogP) is 4.94. The Morgan fingerprint density at radius 3 is 2.41 bits per heavy atom. The van der Waals surface area contributed by atoms with E-state index in [2.05, 4.69) is 30.0 Å². The summed E-state index contributed by atoms with van der Waals surface area (Å²) in [4.78, 5) is 22.1. The summed E-state index contributed by atoms with van der Waals surface area (Å²) in [5.74, 6) is 0.0203. The smallest absolute Gasteiger partial charge is 0.266 e. The zero-order chi connectivity index (χ0) is 19.4. The van der Waals surface area contributed by atoms with Gasteiger partial charge in [-0.1, -0.05) is 37.3 Å². The van der Waals surface area contributed by atoms with Gasteiger partial charge in [0.1, 0.15) is 0 Å². The number of aryl methyl sites for hydroxylation is 1. The fraction of sp³-hybridized carbons (Fsp3) is 0.273. The van der Waals surface area contributed by atoms with Crippen LogP contribution < -0.4 is 4.90 Å². The zero-order valence-electron chi connectivity index (χ0n) is 16.3. The third kappa shape index (κ3) is 4.25. The molecule has 3 rings (SSSR count). The molecule has 2 aromatic rings. The normalized spacial score (nSPS) is 17.2. The number of likely N-dealkylation sites (N-methyl/N-ethyl adjacent to an activating group) is 1. The number of nitrogens with zero attached hydrogens (tertiary/aromatic N) is 3. The van der Waals surface area contributed by atoms with Crippen LogP contribution in [0.15, 0.2) is 58.4 Å². The Bertz CT molecular complexity index is 885. The van der Waals surface area contributed by atoms with Gasteiger partial charge in [-0.15, -0.1) is 0 Å². The van der Waals surface area contributed by atoms with E-state index in [1.165, 1.54) is 17.3 Å². The minimum absolute atomic E-state index is 0.0203. The number of aliphatic imine (C=N–C) groups is 1. The van der Waals surface area contributed by atoms with Gasteiger partial charge in [0.25, 0.3) is 5.91 Å². The standard InChI is InChI=1S/C22H25N3OS/c1-5-17-9-7-8-10-19(17)23-22-25(6-2)21(26)20(27-22)15-16-11-13-18(14-12-16)24(3)4/h7-15H,5-6H2,1-4H3/b20-15-,23-22?. The van der Waals surface area contributed by atoms with Crippen molar-refractivity contribution in [3.8, 4) is 0 Å². The van der Waals surface area contributed by atoms with Gasteiger partial charge >= 0.3 is 0 Å². The Morgan fingerprint density at radius 1 is 1.07 bits per heavy atom. The molecule has 0 spiro atoms. The van der Waals surface area contributed by atoms with Gasteiger partial charge in [-0.25, -0.2) is 4.99 Å². The lowest BCUT2D eigenvalue weighted by molar-refractivity contribution is -0.122. The molecular formula is C22H25N3OS. The maximum atomic E-state index is 12.8. The number of thioether (sulfide) groups is 1. The number of amides is 1. The summed E-state index contributed by atoms with van der Waals surface area (Å²) >= 11 is 1.45. The summed E-state index contributed by atoms with van der Waals surface area (Å²) in [6.45, 7) is 4.71. The van der Waals surface area contributed by atoms with Gasteiger partial charge in [-0.3, -0.25) is 9.69 Å². The highest BCUT2D eigenvalue weighted by molar-refractivity contribution is 8.18. The first-order valence-electron chi connectivity index (χ1n) is 9.18. The second kappa shape index (κ2) is 8.44. The Morgan fingerprint density at radius 2 is 1.78 bits per heavy atom. The van der Waals surface area contributed by atoms with E-state index >= 15 is 0 Å². The molecule has 1 amide bonds. The third-order valence-electron chi connectivity index (χ3n) is 4.50. The van der Waals surface area contributed by atoms with Crippen molar-refractivity contribution in [1.82, 2.24) is 4.90 Å². The lowest BCUT2D eigenvalue weighted by Crippen LogP contribution is -2.28. The first-order valence-corrected chi connectivity index (χ1v) is 10.0. The van der Waals surface area contributed by atoms with Crippen molar-refractivity contribution in [2.24, 2.45) is 4.99 Å². The topological polar surface area (TPSA) is 35.9 Å². The molecule has 140 valence electrons. The summed E-state index contributed by atoms with van der Waals surface area (Å²) in [5.41, 5.74) is 4.27. The van der Waals surface area contributed by atoms with Crippen LogP contribution in [0.2, 0.25) is 0 Å². The maximum Gasteiger partial charge on any atom is 0.266 e. The molecule has 1 heterocycles. The Kier molecular flexibility index (Phi) is 6.01. The number of hydrogen-bond acceptors (Lipinski definition) is 4. The summed E-state index contributed by atoms with van der Waals surface area (Å²) in [7, 11) is 4.03. The van der Waals surface area contributed by atoms with Crippen molar-refractivity contribution >= 4 is 40.3 Å². The number of hydrogen-bond donors (Lipinski definition) is 0. The SMILES string of the molecule is CCc1ccccc1N=C1S/C(=C\c2ccc(N(C)C)cc2)C(=O)N1CC. The lowest BCUT2D eigenvalue weighted by Gasteiger charge is -2.13. The molecule has 0 atom stereocenters. The number of rotatable bonds is 5. The van der Waals surface area contributed by atoms with E-state index in [9.17, 15) is 4.79 Å². The average molecular weight is 380 g/mol. The molecule has 0 N–H and O–H groups in total. The number of amidine groups is 1. The fourth-order valence-corrected chi connectivity index (χ4v) is 3.97. The minimum atomic E-state index is 0.0203. The summed E-state index contributed by atoms with van der Waals surface area (Å²) in [5, 5.41) is 0.750. The van der Waals surface area contributed by atoms with Gasteiger partial charge < -0.3 is 4.90 Å². The zero-order valence-corrected chi connectivity index (χ0v) is 17.1. The van der Waals surface area contributed by atoms with Crippen LogP contribution in [0.1, 0.15) is 25.0 Å². The van der Waals surface area contributed by atoms with Gasteiger partial charge in [-0.2, -0.15) is 0 Å². The molecule has 5 heteroatoms.